The highest BCUT2D eigenvalue weighted by Gasteiger charge is 2.33. The summed E-state index contributed by atoms with van der Waals surface area (Å²) in [5, 5.41) is 0.273. The van der Waals surface area contributed by atoms with E-state index in [9.17, 15) is 18.0 Å². The third kappa shape index (κ3) is 6.72. The Morgan fingerprint density at radius 2 is 1.76 bits per heavy atom. The van der Waals surface area contributed by atoms with E-state index in [0.717, 1.165) is 9.87 Å². The summed E-state index contributed by atoms with van der Waals surface area (Å²) in [6, 6.07) is 13.7. The number of piperidine rings is 1. The smallest absolute Gasteiger partial charge is 0.309 e. The third-order valence-electron chi connectivity index (χ3n) is 5.78. The van der Waals surface area contributed by atoms with E-state index in [1.807, 2.05) is 30.3 Å². The molecule has 0 N–H and O–H groups in total. The summed E-state index contributed by atoms with van der Waals surface area (Å²) in [4.78, 5) is 26.5. The summed E-state index contributed by atoms with van der Waals surface area (Å²) in [5.74, 6) is -0.818. The number of benzene rings is 2. The molecule has 0 bridgehead atoms. The standard InChI is InChI=1S/C24H28Cl2N2O5S/c1-2-33-24(30)19-11-13-27(14-12-19)23(29)17-28(15-10-18-6-4-3-5-7-18)34(31,32)22-16-20(25)8-9-21(22)26/h3-9,16,19H,2,10-15,17H2,1H3. The van der Waals surface area contributed by atoms with Crippen LogP contribution >= 0.6 is 23.2 Å². The maximum atomic E-state index is 13.5. The van der Waals surface area contributed by atoms with Crippen LogP contribution in [0.4, 0.5) is 0 Å². The summed E-state index contributed by atoms with van der Waals surface area (Å²) in [5.41, 5.74) is 0.947. The molecule has 1 fully saturated rings. The predicted octanol–water partition coefficient (Wildman–Crippen LogP) is 4.03. The van der Waals surface area contributed by atoms with Crippen LogP contribution < -0.4 is 0 Å². The van der Waals surface area contributed by atoms with E-state index in [-0.39, 0.29) is 45.8 Å². The molecular formula is C24H28Cl2N2O5S. The number of halogens is 2. The molecule has 34 heavy (non-hydrogen) atoms. The molecule has 1 aliphatic heterocycles. The largest absolute Gasteiger partial charge is 0.466 e. The average molecular weight is 527 g/mol. The van der Waals surface area contributed by atoms with E-state index in [0.29, 0.717) is 39.0 Å². The SMILES string of the molecule is CCOC(=O)C1CCN(C(=O)CN(CCc2ccccc2)S(=O)(=O)c2cc(Cl)ccc2Cl)CC1. The van der Waals surface area contributed by atoms with Gasteiger partial charge in [-0.15, -0.1) is 0 Å². The average Bonchev–Trinajstić information content (AvgIpc) is 2.83. The minimum absolute atomic E-state index is 0.0387. The summed E-state index contributed by atoms with van der Waals surface area (Å²) in [7, 11) is -4.09. The Labute approximate surface area is 210 Å². The Kier molecular flexibility index (Phi) is 9.36. The van der Waals surface area contributed by atoms with E-state index >= 15 is 0 Å². The van der Waals surface area contributed by atoms with E-state index in [1.165, 1.54) is 18.2 Å². The Morgan fingerprint density at radius 3 is 2.41 bits per heavy atom. The molecule has 1 amide bonds. The Balaban J connectivity index is 1.76. The van der Waals surface area contributed by atoms with Gasteiger partial charge in [-0.25, -0.2) is 8.42 Å². The quantitative estimate of drug-likeness (QED) is 0.460. The summed E-state index contributed by atoms with van der Waals surface area (Å²) >= 11 is 12.2. The van der Waals surface area contributed by atoms with Crippen molar-refractivity contribution in [2.75, 3.05) is 32.8 Å². The van der Waals surface area contributed by atoms with Crippen molar-refractivity contribution in [3.8, 4) is 0 Å². The lowest BCUT2D eigenvalue weighted by atomic mass is 9.97. The number of esters is 1. The van der Waals surface area contributed by atoms with Crippen molar-refractivity contribution in [3.05, 3.63) is 64.1 Å². The highest BCUT2D eigenvalue weighted by molar-refractivity contribution is 7.89. The van der Waals surface area contributed by atoms with E-state index in [1.54, 1.807) is 11.8 Å². The van der Waals surface area contributed by atoms with Gasteiger partial charge in [0.05, 0.1) is 24.1 Å². The fourth-order valence-electron chi connectivity index (χ4n) is 3.87. The van der Waals surface area contributed by atoms with Gasteiger partial charge < -0.3 is 9.64 Å². The molecule has 1 saturated heterocycles. The third-order valence-corrected chi connectivity index (χ3v) is 8.34. The molecule has 2 aromatic carbocycles. The number of likely N-dealkylation sites (tertiary alicyclic amines) is 1. The number of hydrogen-bond acceptors (Lipinski definition) is 5. The van der Waals surface area contributed by atoms with Crippen molar-refractivity contribution in [2.24, 2.45) is 5.92 Å². The molecule has 0 aromatic heterocycles. The number of hydrogen-bond donors (Lipinski definition) is 0. The molecule has 10 heteroatoms. The zero-order valence-corrected chi connectivity index (χ0v) is 21.3. The lowest BCUT2D eigenvalue weighted by Gasteiger charge is -2.32. The van der Waals surface area contributed by atoms with Crippen LogP contribution in [0.3, 0.4) is 0 Å². The highest BCUT2D eigenvalue weighted by atomic mass is 35.5. The molecule has 184 valence electrons. The second-order valence-corrected chi connectivity index (χ2v) is 10.8. The van der Waals surface area contributed by atoms with Crippen LogP contribution in [0.15, 0.2) is 53.4 Å². The van der Waals surface area contributed by atoms with E-state index < -0.39 is 10.0 Å². The van der Waals surface area contributed by atoms with Crippen LogP contribution in [-0.2, 0) is 30.8 Å². The van der Waals surface area contributed by atoms with Crippen LogP contribution in [0.1, 0.15) is 25.3 Å². The first-order valence-electron chi connectivity index (χ1n) is 11.2. The van der Waals surface area contributed by atoms with Gasteiger partial charge in [0.25, 0.3) is 0 Å². The van der Waals surface area contributed by atoms with E-state index in [4.69, 9.17) is 27.9 Å². The fourth-order valence-corrected chi connectivity index (χ4v) is 6.00. The topological polar surface area (TPSA) is 84.0 Å². The molecule has 0 unspecified atom stereocenters. The van der Waals surface area contributed by atoms with E-state index in [2.05, 4.69) is 0 Å². The summed E-state index contributed by atoms with van der Waals surface area (Å²) in [6.45, 7) is 2.58. The molecule has 0 radical (unpaired) electrons. The zero-order chi connectivity index (χ0) is 24.7. The molecule has 1 heterocycles. The number of rotatable bonds is 9. The first-order chi connectivity index (χ1) is 16.2. The Hall–Kier alpha value is -2.13. The minimum atomic E-state index is -4.09. The molecule has 2 aromatic rings. The number of amides is 1. The molecule has 1 aliphatic rings. The van der Waals surface area contributed by atoms with Gasteiger partial charge in [-0.3, -0.25) is 9.59 Å². The van der Waals surface area contributed by atoms with Gasteiger partial charge in [0.2, 0.25) is 15.9 Å². The number of sulfonamides is 1. The molecule has 3 rings (SSSR count). The predicted molar refractivity (Wildman–Crippen MR) is 131 cm³/mol. The van der Waals surface area contributed by atoms with Crippen molar-refractivity contribution in [2.45, 2.75) is 31.1 Å². The molecular weight excluding hydrogens is 499 g/mol. The lowest BCUT2D eigenvalue weighted by Crippen LogP contribution is -2.47. The van der Waals surface area contributed by atoms with Gasteiger partial charge in [0.1, 0.15) is 4.90 Å². The molecule has 0 saturated carbocycles. The molecule has 0 spiro atoms. The number of ether oxygens (including phenoxy) is 1. The monoisotopic (exact) mass is 526 g/mol. The van der Waals surface area contributed by atoms with Crippen molar-refractivity contribution in [1.29, 1.82) is 0 Å². The first-order valence-corrected chi connectivity index (χ1v) is 13.4. The normalized spacial score (nSPS) is 14.9. The number of carbonyl (C=O) groups excluding carboxylic acids is 2. The van der Waals surface area contributed by atoms with Gasteiger partial charge >= 0.3 is 5.97 Å². The van der Waals surface area contributed by atoms with Gasteiger partial charge in [-0.2, -0.15) is 4.31 Å². The lowest BCUT2D eigenvalue weighted by molar-refractivity contribution is -0.151. The van der Waals surface area contributed by atoms with Gasteiger partial charge in [-0.1, -0.05) is 53.5 Å². The summed E-state index contributed by atoms with van der Waals surface area (Å²) in [6.07, 6.45) is 1.40. The van der Waals surface area contributed by atoms with Crippen LogP contribution in [0.25, 0.3) is 0 Å². The summed E-state index contributed by atoms with van der Waals surface area (Å²) < 4.78 is 33.2. The first kappa shape index (κ1) is 26.5. The minimum Gasteiger partial charge on any atom is -0.466 e. The van der Waals surface area contributed by atoms with Crippen LogP contribution in [0.5, 0.6) is 0 Å². The highest BCUT2D eigenvalue weighted by Crippen LogP contribution is 2.28. The molecule has 7 nitrogen and oxygen atoms in total. The van der Waals surface area contributed by atoms with Crippen molar-refractivity contribution < 1.29 is 22.7 Å². The van der Waals surface area contributed by atoms with Gasteiger partial charge in [0.15, 0.2) is 0 Å². The number of nitrogens with zero attached hydrogens (tertiary/aromatic N) is 2. The fraction of sp³-hybridized carbons (Fsp3) is 0.417. The van der Waals surface area contributed by atoms with Gasteiger partial charge in [0, 0.05) is 24.7 Å². The molecule has 0 atom stereocenters. The van der Waals surface area contributed by atoms with Crippen molar-refractivity contribution >= 4 is 45.1 Å². The maximum absolute atomic E-state index is 13.5. The zero-order valence-electron chi connectivity index (χ0n) is 19.0. The van der Waals surface area contributed by atoms with Crippen LogP contribution in [0.2, 0.25) is 10.0 Å². The van der Waals surface area contributed by atoms with Crippen LogP contribution in [-0.4, -0.2) is 62.3 Å². The maximum Gasteiger partial charge on any atom is 0.309 e. The molecule has 0 aliphatic carbocycles. The number of carbonyl (C=O) groups is 2. The van der Waals surface area contributed by atoms with Crippen molar-refractivity contribution in [3.63, 3.8) is 0 Å². The Bertz CT molecular complexity index is 1100. The van der Waals surface area contributed by atoms with Crippen LogP contribution in [0, 0.1) is 5.92 Å². The van der Waals surface area contributed by atoms with Gasteiger partial charge in [-0.05, 0) is 49.9 Å². The Morgan fingerprint density at radius 1 is 1.09 bits per heavy atom. The van der Waals surface area contributed by atoms with Crippen molar-refractivity contribution in [1.82, 2.24) is 9.21 Å². The second kappa shape index (κ2) is 12.0. The second-order valence-electron chi connectivity index (χ2n) is 8.06.